The molecule has 0 bridgehead atoms. The molecule has 0 aliphatic carbocycles. The first-order valence-electron chi connectivity index (χ1n) is 8.09. The molecule has 0 saturated carbocycles. The summed E-state index contributed by atoms with van der Waals surface area (Å²) in [5.74, 6) is 0.0297. The third-order valence-corrected chi connectivity index (χ3v) is 3.36. The molecule has 0 radical (unpaired) electrons. The summed E-state index contributed by atoms with van der Waals surface area (Å²) in [6.07, 6.45) is 2.62. The molecule has 2 amide bonds. The normalized spacial score (nSPS) is 10.2. The van der Waals surface area contributed by atoms with E-state index in [4.69, 9.17) is 10.00 Å². The van der Waals surface area contributed by atoms with E-state index in [0.29, 0.717) is 17.1 Å². The van der Waals surface area contributed by atoms with Gasteiger partial charge in [-0.05, 0) is 37.3 Å². The lowest BCUT2D eigenvalue weighted by Gasteiger charge is -2.21. The number of nitrogens with one attached hydrogen (secondary N) is 1. The predicted molar refractivity (Wildman–Crippen MR) is 99.9 cm³/mol. The van der Waals surface area contributed by atoms with Gasteiger partial charge in [-0.3, -0.25) is 9.69 Å². The van der Waals surface area contributed by atoms with Crippen molar-refractivity contribution in [3.8, 4) is 11.8 Å². The lowest BCUT2D eigenvalue weighted by molar-refractivity contribution is -0.111. The van der Waals surface area contributed by atoms with E-state index in [1.165, 1.54) is 11.0 Å². The van der Waals surface area contributed by atoms with E-state index >= 15 is 0 Å². The fourth-order valence-electron chi connectivity index (χ4n) is 2.22. The van der Waals surface area contributed by atoms with Crippen LogP contribution in [0.25, 0.3) is 0 Å². The van der Waals surface area contributed by atoms with Gasteiger partial charge in [-0.15, -0.1) is 0 Å². The van der Waals surface area contributed by atoms with E-state index in [0.717, 1.165) is 0 Å². The molecule has 0 aliphatic heterocycles. The fraction of sp³-hybridized carbons (Fsp3) is 0.150. The molecule has 1 N–H and O–H groups in total. The molecule has 2 aromatic carbocycles. The maximum absolute atomic E-state index is 12.6. The van der Waals surface area contributed by atoms with E-state index in [9.17, 15) is 9.59 Å². The van der Waals surface area contributed by atoms with Gasteiger partial charge in [0.1, 0.15) is 5.75 Å². The van der Waals surface area contributed by atoms with Crippen LogP contribution in [0.2, 0.25) is 0 Å². The van der Waals surface area contributed by atoms with Gasteiger partial charge in [0.15, 0.2) is 0 Å². The number of anilines is 2. The first-order chi connectivity index (χ1) is 12.6. The molecule has 0 heterocycles. The zero-order chi connectivity index (χ0) is 18.8. The number of para-hydroxylation sites is 1. The molecule has 6 nitrogen and oxygen atoms in total. The van der Waals surface area contributed by atoms with Crippen molar-refractivity contribution in [1.82, 2.24) is 0 Å². The zero-order valence-electron chi connectivity index (χ0n) is 14.4. The second-order valence-corrected chi connectivity index (χ2v) is 5.28. The van der Waals surface area contributed by atoms with Crippen LogP contribution in [0.3, 0.4) is 0 Å². The van der Waals surface area contributed by atoms with Crippen molar-refractivity contribution in [1.29, 1.82) is 5.26 Å². The van der Waals surface area contributed by atoms with Crippen LogP contribution in [0.15, 0.2) is 66.7 Å². The van der Waals surface area contributed by atoms with Crippen LogP contribution >= 0.6 is 0 Å². The average Bonchev–Trinajstić information content (AvgIpc) is 2.63. The minimum absolute atomic E-state index is 0.184. The van der Waals surface area contributed by atoms with Crippen LogP contribution in [0, 0.1) is 11.3 Å². The Bertz CT molecular complexity index is 826. The summed E-state index contributed by atoms with van der Waals surface area (Å²) in [4.78, 5) is 25.6. The Morgan fingerprint density at radius 3 is 2.65 bits per heavy atom. The molecular weight excluding hydrogens is 330 g/mol. The number of ether oxygens (including phenoxy) is 1. The summed E-state index contributed by atoms with van der Waals surface area (Å²) in [7, 11) is 0. The number of carbonyl (C=O) groups is 2. The van der Waals surface area contributed by atoms with Crippen molar-refractivity contribution >= 4 is 23.4 Å². The summed E-state index contributed by atoms with van der Waals surface area (Å²) in [5, 5.41) is 11.5. The summed E-state index contributed by atoms with van der Waals surface area (Å²) in [6, 6.07) is 17.6. The standard InChI is InChI=1S/C20H19N3O3/c1-2-8-19(24)22-16-9-6-12-18(15-16)26-20(25)23(14-7-13-21)17-10-4-3-5-11-17/h2-6,8-12,15H,7,14H2,1H3,(H,22,24)/b8-2+. The van der Waals surface area contributed by atoms with Gasteiger partial charge in [0.25, 0.3) is 0 Å². The van der Waals surface area contributed by atoms with E-state index in [1.807, 2.05) is 12.1 Å². The van der Waals surface area contributed by atoms with E-state index in [-0.39, 0.29) is 18.9 Å². The minimum Gasteiger partial charge on any atom is -0.410 e. The Hall–Kier alpha value is -3.59. The molecule has 0 fully saturated rings. The largest absolute Gasteiger partial charge is 0.419 e. The monoisotopic (exact) mass is 349 g/mol. The van der Waals surface area contributed by atoms with Gasteiger partial charge in [0.2, 0.25) is 5.91 Å². The number of hydrogen-bond acceptors (Lipinski definition) is 4. The third kappa shape index (κ3) is 5.49. The zero-order valence-corrected chi connectivity index (χ0v) is 14.4. The molecule has 0 aliphatic rings. The SMILES string of the molecule is C/C=C/C(=O)Nc1cccc(OC(=O)N(CCC#N)c2ccccc2)c1. The molecule has 132 valence electrons. The van der Waals surface area contributed by atoms with Gasteiger partial charge < -0.3 is 10.1 Å². The van der Waals surface area contributed by atoms with Gasteiger partial charge in [-0.2, -0.15) is 5.26 Å². The second-order valence-electron chi connectivity index (χ2n) is 5.28. The van der Waals surface area contributed by atoms with E-state index in [2.05, 4.69) is 5.32 Å². The van der Waals surface area contributed by atoms with Gasteiger partial charge in [-0.25, -0.2) is 4.79 Å². The van der Waals surface area contributed by atoms with Crippen molar-refractivity contribution in [3.05, 3.63) is 66.7 Å². The first kappa shape index (κ1) is 18.7. The Kier molecular flexibility index (Phi) is 6.95. The van der Waals surface area contributed by atoms with Crippen LogP contribution < -0.4 is 15.0 Å². The summed E-state index contributed by atoms with van der Waals surface area (Å²) < 4.78 is 5.42. The topological polar surface area (TPSA) is 82.4 Å². The average molecular weight is 349 g/mol. The number of benzene rings is 2. The molecule has 6 heteroatoms. The number of nitrogens with zero attached hydrogens (tertiary/aromatic N) is 2. The van der Waals surface area contributed by atoms with Gasteiger partial charge in [-0.1, -0.05) is 30.3 Å². The lowest BCUT2D eigenvalue weighted by Crippen LogP contribution is -2.34. The minimum atomic E-state index is -0.594. The maximum atomic E-state index is 12.6. The molecule has 0 unspecified atom stereocenters. The number of hydrogen-bond donors (Lipinski definition) is 1. The molecule has 2 rings (SSSR count). The second kappa shape index (κ2) is 9.64. The highest BCUT2D eigenvalue weighted by Crippen LogP contribution is 2.20. The van der Waals surface area contributed by atoms with Gasteiger partial charge in [0, 0.05) is 24.0 Å². The number of amides is 2. The van der Waals surface area contributed by atoms with Crippen LogP contribution in [-0.4, -0.2) is 18.5 Å². The smallest absolute Gasteiger partial charge is 0.410 e. The molecule has 0 saturated heterocycles. The number of allylic oxidation sites excluding steroid dienone is 1. The third-order valence-electron chi connectivity index (χ3n) is 3.36. The highest BCUT2D eigenvalue weighted by atomic mass is 16.6. The maximum Gasteiger partial charge on any atom is 0.419 e. The number of nitriles is 1. The van der Waals surface area contributed by atoms with Crippen molar-refractivity contribution in [2.45, 2.75) is 13.3 Å². The van der Waals surface area contributed by atoms with Crippen LogP contribution in [0.1, 0.15) is 13.3 Å². The number of carbonyl (C=O) groups excluding carboxylic acids is 2. The van der Waals surface area contributed by atoms with Crippen molar-refractivity contribution < 1.29 is 14.3 Å². The Morgan fingerprint density at radius 2 is 1.96 bits per heavy atom. The van der Waals surface area contributed by atoms with E-state index < -0.39 is 6.09 Å². The molecule has 0 atom stereocenters. The Labute approximate surface area is 152 Å². The summed E-state index contributed by atoms with van der Waals surface area (Å²) in [6.45, 7) is 1.97. The molecule has 0 spiro atoms. The van der Waals surface area contributed by atoms with Gasteiger partial charge >= 0.3 is 6.09 Å². The summed E-state index contributed by atoms with van der Waals surface area (Å²) in [5.41, 5.74) is 1.16. The van der Waals surface area contributed by atoms with Gasteiger partial charge in [0.05, 0.1) is 12.5 Å². The highest BCUT2D eigenvalue weighted by Gasteiger charge is 2.17. The summed E-state index contributed by atoms with van der Waals surface area (Å²) >= 11 is 0. The molecular formula is C20H19N3O3. The van der Waals surface area contributed by atoms with E-state index in [1.54, 1.807) is 61.5 Å². The fourth-order valence-corrected chi connectivity index (χ4v) is 2.22. The van der Waals surface area contributed by atoms with Crippen molar-refractivity contribution in [3.63, 3.8) is 0 Å². The van der Waals surface area contributed by atoms with Crippen LogP contribution in [-0.2, 0) is 4.79 Å². The van der Waals surface area contributed by atoms with Crippen LogP contribution in [0.4, 0.5) is 16.2 Å². The van der Waals surface area contributed by atoms with Crippen molar-refractivity contribution in [2.75, 3.05) is 16.8 Å². The predicted octanol–water partition coefficient (Wildman–Crippen LogP) is 4.12. The van der Waals surface area contributed by atoms with Crippen LogP contribution in [0.5, 0.6) is 5.75 Å². The van der Waals surface area contributed by atoms with Crippen molar-refractivity contribution in [2.24, 2.45) is 0 Å². The molecule has 0 aromatic heterocycles. The Balaban J connectivity index is 2.13. The number of rotatable bonds is 6. The molecule has 2 aromatic rings. The Morgan fingerprint density at radius 1 is 1.19 bits per heavy atom. The molecule has 26 heavy (non-hydrogen) atoms. The first-order valence-corrected chi connectivity index (χ1v) is 8.09. The lowest BCUT2D eigenvalue weighted by atomic mass is 10.3. The highest BCUT2D eigenvalue weighted by molar-refractivity contribution is 5.99. The quantitative estimate of drug-likeness (QED) is 0.795.